The molecule has 7 heteroatoms. The lowest BCUT2D eigenvalue weighted by molar-refractivity contribution is 0.575. The third-order valence-corrected chi connectivity index (χ3v) is 4.16. The topological polar surface area (TPSA) is 37.5 Å². The molecule has 1 heterocycles. The molecule has 0 radical (unpaired) electrons. The minimum atomic E-state index is 0.378. The normalized spacial score (nSPS) is 11.2. The average molecular weight is 400 g/mol. The van der Waals surface area contributed by atoms with Gasteiger partial charge in [-0.1, -0.05) is 58.5 Å². The third kappa shape index (κ3) is 4.05. The molecule has 0 aliphatic rings. The molecule has 0 saturated carbocycles. The number of furan rings is 1. The zero-order chi connectivity index (χ0) is 17.1. The van der Waals surface area contributed by atoms with Crippen molar-refractivity contribution in [3.05, 3.63) is 74.4 Å². The third-order valence-electron chi connectivity index (χ3n) is 3.11. The van der Waals surface area contributed by atoms with Crippen molar-refractivity contribution in [2.24, 2.45) is 5.10 Å². The van der Waals surface area contributed by atoms with Crippen molar-refractivity contribution < 1.29 is 4.42 Å². The molecular formula is C17H10Cl4N2O. The molecule has 0 atom stereocenters. The highest BCUT2D eigenvalue weighted by Crippen LogP contribution is 2.33. The maximum absolute atomic E-state index is 6.07. The van der Waals surface area contributed by atoms with Crippen LogP contribution in [0.15, 0.2) is 58.0 Å². The first-order valence-corrected chi connectivity index (χ1v) is 8.33. The largest absolute Gasteiger partial charge is 0.455 e. The van der Waals surface area contributed by atoms with E-state index < -0.39 is 0 Å². The Hall–Kier alpha value is -1.65. The highest BCUT2D eigenvalue weighted by molar-refractivity contribution is 6.41. The van der Waals surface area contributed by atoms with Gasteiger partial charge in [0.2, 0.25) is 0 Å². The van der Waals surface area contributed by atoms with E-state index in [0.717, 1.165) is 5.56 Å². The van der Waals surface area contributed by atoms with E-state index in [1.165, 1.54) is 6.21 Å². The average Bonchev–Trinajstić information content (AvgIpc) is 2.99. The Labute approximate surface area is 158 Å². The Balaban J connectivity index is 1.75. The zero-order valence-electron chi connectivity index (χ0n) is 12.1. The van der Waals surface area contributed by atoms with Crippen molar-refractivity contribution in [3.8, 4) is 11.3 Å². The molecule has 0 fully saturated rings. The lowest BCUT2D eigenvalue weighted by Gasteiger charge is -2.06. The smallest absolute Gasteiger partial charge is 0.147 e. The van der Waals surface area contributed by atoms with Crippen LogP contribution in [0.25, 0.3) is 11.3 Å². The predicted molar refractivity (Wildman–Crippen MR) is 102 cm³/mol. The van der Waals surface area contributed by atoms with Gasteiger partial charge in [0.25, 0.3) is 0 Å². The molecular weight excluding hydrogens is 390 g/mol. The first-order valence-electron chi connectivity index (χ1n) is 6.82. The lowest BCUT2D eigenvalue weighted by atomic mass is 10.2. The minimum Gasteiger partial charge on any atom is -0.455 e. The van der Waals surface area contributed by atoms with Crippen molar-refractivity contribution in [1.82, 2.24) is 0 Å². The summed E-state index contributed by atoms with van der Waals surface area (Å²) in [7, 11) is 0. The summed E-state index contributed by atoms with van der Waals surface area (Å²) in [5.41, 5.74) is 4.14. The summed E-state index contributed by atoms with van der Waals surface area (Å²) in [5.74, 6) is 1.26. The summed E-state index contributed by atoms with van der Waals surface area (Å²) in [5, 5.41) is 5.94. The molecule has 0 unspecified atom stereocenters. The molecule has 0 aliphatic carbocycles. The number of anilines is 1. The van der Waals surface area contributed by atoms with Gasteiger partial charge < -0.3 is 4.42 Å². The van der Waals surface area contributed by atoms with Crippen LogP contribution in [0.5, 0.6) is 0 Å². The van der Waals surface area contributed by atoms with Crippen molar-refractivity contribution in [2.75, 3.05) is 5.43 Å². The SMILES string of the molecule is Clc1cccc(-c2ccc(/C=N/Nc3c(Cl)cc(Cl)cc3Cl)o2)c1. The fourth-order valence-electron chi connectivity index (χ4n) is 2.03. The van der Waals surface area contributed by atoms with E-state index in [1.807, 2.05) is 24.3 Å². The maximum Gasteiger partial charge on any atom is 0.147 e. The van der Waals surface area contributed by atoms with Crippen LogP contribution in [-0.4, -0.2) is 6.21 Å². The summed E-state index contributed by atoms with van der Waals surface area (Å²) in [4.78, 5) is 0. The molecule has 1 N–H and O–H groups in total. The Bertz CT molecular complexity index is 882. The van der Waals surface area contributed by atoms with E-state index in [1.54, 1.807) is 24.3 Å². The monoisotopic (exact) mass is 398 g/mol. The van der Waals surface area contributed by atoms with Gasteiger partial charge in [-0.05, 0) is 36.4 Å². The molecule has 0 bridgehead atoms. The highest BCUT2D eigenvalue weighted by Gasteiger charge is 2.07. The fraction of sp³-hybridized carbons (Fsp3) is 0. The van der Waals surface area contributed by atoms with Crippen LogP contribution in [0.4, 0.5) is 5.69 Å². The van der Waals surface area contributed by atoms with E-state index >= 15 is 0 Å². The van der Waals surface area contributed by atoms with Gasteiger partial charge in [-0.25, -0.2) is 0 Å². The van der Waals surface area contributed by atoms with Gasteiger partial charge >= 0.3 is 0 Å². The Morgan fingerprint density at radius 2 is 1.62 bits per heavy atom. The number of hydrazone groups is 1. The number of nitrogens with zero attached hydrogens (tertiary/aromatic N) is 1. The predicted octanol–water partition coefficient (Wildman–Crippen LogP) is 7.01. The first kappa shape index (κ1) is 17.2. The number of nitrogens with one attached hydrogen (secondary N) is 1. The number of hydrogen-bond acceptors (Lipinski definition) is 3. The standard InChI is InChI=1S/C17H10Cl4N2O/c18-11-3-1-2-10(6-11)16-5-4-13(24-16)9-22-23-17-14(20)7-12(19)8-15(17)21/h1-9,23H/b22-9+. The van der Waals surface area contributed by atoms with E-state index in [4.69, 9.17) is 50.8 Å². The van der Waals surface area contributed by atoms with Gasteiger partial charge in [-0.2, -0.15) is 5.10 Å². The zero-order valence-corrected chi connectivity index (χ0v) is 15.1. The molecule has 1 aromatic heterocycles. The highest BCUT2D eigenvalue weighted by atomic mass is 35.5. The minimum absolute atomic E-state index is 0.378. The number of benzene rings is 2. The second-order valence-electron chi connectivity index (χ2n) is 4.83. The second kappa shape index (κ2) is 7.49. The van der Waals surface area contributed by atoms with Crippen LogP contribution in [0, 0.1) is 0 Å². The quantitative estimate of drug-likeness (QED) is 0.378. The molecule has 3 nitrogen and oxygen atoms in total. The van der Waals surface area contributed by atoms with Crippen LogP contribution >= 0.6 is 46.4 Å². The van der Waals surface area contributed by atoms with Crippen molar-refractivity contribution in [1.29, 1.82) is 0 Å². The van der Waals surface area contributed by atoms with Crippen molar-refractivity contribution in [2.45, 2.75) is 0 Å². The van der Waals surface area contributed by atoms with Crippen molar-refractivity contribution >= 4 is 58.3 Å². The number of hydrogen-bond donors (Lipinski definition) is 1. The van der Waals surface area contributed by atoms with Crippen LogP contribution in [0.3, 0.4) is 0 Å². The number of rotatable bonds is 4. The summed E-state index contributed by atoms with van der Waals surface area (Å²) in [6, 6.07) is 14.2. The van der Waals surface area contributed by atoms with Crippen molar-refractivity contribution in [3.63, 3.8) is 0 Å². The lowest BCUT2D eigenvalue weighted by Crippen LogP contribution is -1.92. The molecule has 3 aromatic rings. The van der Waals surface area contributed by atoms with E-state index in [2.05, 4.69) is 10.5 Å². The summed E-state index contributed by atoms with van der Waals surface area (Å²) in [6.45, 7) is 0. The van der Waals surface area contributed by atoms with Crippen LogP contribution in [0.2, 0.25) is 20.1 Å². The van der Waals surface area contributed by atoms with Gasteiger partial charge in [0.1, 0.15) is 11.5 Å². The summed E-state index contributed by atoms with van der Waals surface area (Å²) < 4.78 is 5.71. The van der Waals surface area contributed by atoms with Crippen LogP contribution in [0.1, 0.15) is 5.76 Å². The van der Waals surface area contributed by atoms with E-state index in [9.17, 15) is 0 Å². The second-order valence-corrected chi connectivity index (χ2v) is 6.51. The molecule has 0 spiro atoms. The van der Waals surface area contributed by atoms with E-state index in [-0.39, 0.29) is 0 Å². The van der Waals surface area contributed by atoms with Crippen LogP contribution < -0.4 is 5.43 Å². The fourth-order valence-corrected chi connectivity index (χ4v) is 3.12. The Kier molecular flexibility index (Phi) is 5.36. The molecule has 0 amide bonds. The Morgan fingerprint density at radius 1 is 0.875 bits per heavy atom. The molecule has 0 aliphatic heterocycles. The molecule has 3 rings (SSSR count). The first-order chi connectivity index (χ1) is 11.5. The molecule has 24 heavy (non-hydrogen) atoms. The summed E-state index contributed by atoms with van der Waals surface area (Å²) >= 11 is 24.0. The van der Waals surface area contributed by atoms with Crippen LogP contribution in [-0.2, 0) is 0 Å². The molecule has 0 saturated heterocycles. The Morgan fingerprint density at radius 3 is 2.33 bits per heavy atom. The van der Waals surface area contributed by atoms with Gasteiger partial charge in [0.05, 0.1) is 21.9 Å². The van der Waals surface area contributed by atoms with Gasteiger partial charge in [0, 0.05) is 15.6 Å². The van der Waals surface area contributed by atoms with Gasteiger partial charge in [-0.15, -0.1) is 0 Å². The molecule has 2 aromatic carbocycles. The maximum atomic E-state index is 6.07. The van der Waals surface area contributed by atoms with E-state index in [0.29, 0.717) is 37.3 Å². The van der Waals surface area contributed by atoms with Gasteiger partial charge in [0.15, 0.2) is 0 Å². The molecule has 122 valence electrons. The van der Waals surface area contributed by atoms with Gasteiger partial charge in [-0.3, -0.25) is 5.43 Å². The summed E-state index contributed by atoms with van der Waals surface area (Å²) in [6.07, 6.45) is 1.52. The number of halogens is 4.